The van der Waals surface area contributed by atoms with Crippen molar-refractivity contribution in [3.8, 4) is 0 Å². The molecule has 2 atom stereocenters. The molecule has 0 aromatic rings. The van der Waals surface area contributed by atoms with Crippen LogP contribution >= 0.6 is 47.8 Å². The molecule has 0 radical (unpaired) electrons. The number of halogens is 3. The summed E-state index contributed by atoms with van der Waals surface area (Å²) in [6.07, 6.45) is 65.0. The lowest BCUT2D eigenvalue weighted by Crippen LogP contribution is -2.44. The molecule has 0 heterocycles. The van der Waals surface area contributed by atoms with Gasteiger partial charge in [-0.2, -0.15) is 0 Å². The number of alkyl halides is 3. The van der Waals surface area contributed by atoms with E-state index in [4.69, 9.17) is 52.8 Å². The van der Waals surface area contributed by atoms with Gasteiger partial charge in [-0.15, -0.1) is 0 Å². The first-order valence-electron chi connectivity index (χ1n) is 46.7. The first kappa shape index (κ1) is 131. The smallest absolute Gasteiger partial charge is 0.158 e. The minimum Gasteiger partial charge on any atom is -0.396 e. The average molecular weight is 1820 g/mol. The molecular formula is C96H204Br3N2O12+. The van der Waals surface area contributed by atoms with E-state index in [-0.39, 0.29) is 26.6 Å². The Labute approximate surface area is 733 Å². The van der Waals surface area contributed by atoms with Crippen molar-refractivity contribution in [3.63, 3.8) is 0 Å². The van der Waals surface area contributed by atoms with Gasteiger partial charge in [0.05, 0.1) is 93.3 Å². The van der Waals surface area contributed by atoms with Crippen molar-refractivity contribution in [1.82, 2.24) is 4.90 Å². The number of hydrogen-bond acceptors (Lipinski definition) is 13. The Morgan fingerprint density at radius 2 is 0.664 bits per heavy atom. The molecule has 0 saturated carbocycles. The number of nitrogens with zero attached hydrogens (tertiary/aromatic N) is 2. The topological polar surface area (TPSA) is 144 Å². The molecule has 0 rings (SSSR count). The van der Waals surface area contributed by atoms with Gasteiger partial charge < -0.3 is 67.0 Å². The summed E-state index contributed by atoms with van der Waals surface area (Å²) in [7, 11) is 8.87. The van der Waals surface area contributed by atoms with Gasteiger partial charge in [-0.05, 0) is 147 Å². The van der Waals surface area contributed by atoms with Crippen molar-refractivity contribution in [2.24, 2.45) is 23.7 Å². The van der Waals surface area contributed by atoms with Crippen LogP contribution in [0.15, 0.2) is 24.3 Å². The molecule has 0 aliphatic heterocycles. The Balaban J connectivity index is -0.000000164. The van der Waals surface area contributed by atoms with Gasteiger partial charge in [0.2, 0.25) is 0 Å². The number of hydrogen-bond donors (Lipinski definition) is 2. The molecule has 0 aliphatic carbocycles. The summed E-state index contributed by atoms with van der Waals surface area (Å²) in [4.78, 5) is 11.8. The predicted octanol–water partition coefficient (Wildman–Crippen LogP) is 28.0. The summed E-state index contributed by atoms with van der Waals surface area (Å²) < 4.78 is 50.8. The summed E-state index contributed by atoms with van der Waals surface area (Å²) in [5.74, 6) is 3.40. The van der Waals surface area contributed by atoms with Crippen LogP contribution in [0.3, 0.4) is 0 Å². The van der Waals surface area contributed by atoms with Gasteiger partial charge in [0.1, 0.15) is 6.29 Å². The highest BCUT2D eigenvalue weighted by atomic mass is 79.9. The molecule has 2 N–H and O–H groups in total. The first-order valence-corrected chi connectivity index (χ1v) is 50.1. The van der Waals surface area contributed by atoms with Gasteiger partial charge in [-0.3, -0.25) is 0 Å². The number of carbonyl (C=O) groups excluding carboxylic acids is 1. The highest BCUT2D eigenvalue weighted by molar-refractivity contribution is 9.09. The van der Waals surface area contributed by atoms with Gasteiger partial charge in [-0.25, -0.2) is 0 Å². The SMILES string of the molecule is C.CCC(C)CN(C)C.CCCC/C=C\CCCCCCCCCCC(C)C.CCCCCCCC/C=C\CCCCCCCCC(C)C.CCCOCCO.CCCOCCOC(CCCBr)OCCOCCC.CCCOCCOC(CCC[N+](C)(C)CC(C)CC)OCCOCCC.O=CCCCBr.OCCCCBr. The van der Waals surface area contributed by atoms with E-state index in [1.807, 2.05) is 6.92 Å². The Morgan fingerprint density at radius 1 is 0.336 bits per heavy atom. The van der Waals surface area contributed by atoms with Gasteiger partial charge >= 0.3 is 0 Å². The molecule has 0 bridgehead atoms. The molecular weight excluding hydrogens is 1610 g/mol. The second-order valence-electron chi connectivity index (χ2n) is 31.9. The highest BCUT2D eigenvalue weighted by Gasteiger charge is 2.20. The van der Waals surface area contributed by atoms with Crippen LogP contribution < -0.4 is 0 Å². The second-order valence-corrected chi connectivity index (χ2v) is 34.3. The van der Waals surface area contributed by atoms with E-state index in [0.29, 0.717) is 72.5 Å². The summed E-state index contributed by atoms with van der Waals surface area (Å²) >= 11 is 9.85. The quantitative estimate of drug-likeness (QED) is 0.0149. The van der Waals surface area contributed by atoms with Crippen molar-refractivity contribution < 1.29 is 62.1 Å². The summed E-state index contributed by atoms with van der Waals surface area (Å²) in [6.45, 7) is 46.8. The third-order valence-corrected chi connectivity index (χ3v) is 19.5. The molecule has 0 fully saturated rings. The number of quaternary nitrogens is 1. The van der Waals surface area contributed by atoms with Crippen molar-refractivity contribution in [1.29, 1.82) is 0 Å². The number of carbonyl (C=O) groups is 1. The van der Waals surface area contributed by atoms with Gasteiger partial charge in [0.25, 0.3) is 0 Å². The lowest BCUT2D eigenvalue weighted by molar-refractivity contribution is -0.893. The molecule has 0 aliphatic rings. The molecule has 0 aromatic carbocycles. The molecule has 0 aromatic heterocycles. The molecule has 14 nitrogen and oxygen atoms in total. The molecule has 690 valence electrons. The van der Waals surface area contributed by atoms with Crippen LogP contribution in [0.4, 0.5) is 0 Å². The number of aliphatic hydroxyl groups is 2. The van der Waals surface area contributed by atoms with Crippen LogP contribution in [-0.4, -0.2) is 208 Å². The Kier molecular flexibility index (Phi) is 143. The van der Waals surface area contributed by atoms with E-state index in [9.17, 15) is 4.79 Å². The average Bonchev–Trinajstić information content (AvgIpc) is 0.912. The Bertz CT molecular complexity index is 1590. The fourth-order valence-corrected chi connectivity index (χ4v) is 12.1. The third kappa shape index (κ3) is 147. The molecule has 0 amide bonds. The maximum atomic E-state index is 9.54. The minimum absolute atomic E-state index is 0. The summed E-state index contributed by atoms with van der Waals surface area (Å²) in [5, 5.41) is 19.3. The lowest BCUT2D eigenvalue weighted by Gasteiger charge is -2.32. The van der Waals surface area contributed by atoms with Gasteiger partial charge in [0.15, 0.2) is 12.6 Å². The maximum absolute atomic E-state index is 9.54. The molecule has 17 heteroatoms. The van der Waals surface area contributed by atoms with E-state index >= 15 is 0 Å². The first-order chi connectivity index (χ1) is 54.2. The predicted molar refractivity (Wildman–Crippen MR) is 510 cm³/mol. The fraction of sp³-hybridized carbons (Fsp3) is 0.948. The van der Waals surface area contributed by atoms with E-state index in [1.54, 1.807) is 0 Å². The van der Waals surface area contributed by atoms with Crippen molar-refractivity contribution in [3.05, 3.63) is 24.3 Å². The van der Waals surface area contributed by atoms with Crippen molar-refractivity contribution >= 4 is 54.1 Å². The molecule has 113 heavy (non-hydrogen) atoms. The number of rotatable bonds is 77. The Hall–Kier alpha value is 0.0700. The zero-order chi connectivity index (χ0) is 85.4. The van der Waals surface area contributed by atoms with Crippen molar-refractivity contribution in [2.75, 3.05) is 170 Å². The monoisotopic (exact) mass is 1810 g/mol. The van der Waals surface area contributed by atoms with E-state index in [1.165, 1.54) is 206 Å². The maximum Gasteiger partial charge on any atom is 0.158 e. The van der Waals surface area contributed by atoms with Crippen LogP contribution in [0.1, 0.15) is 387 Å². The number of unbranched alkanes of at least 4 members (excludes halogenated alkanes) is 24. The normalized spacial score (nSPS) is 11.7. The second kappa shape index (κ2) is 123. The highest BCUT2D eigenvalue weighted by Crippen LogP contribution is 2.17. The minimum atomic E-state index is -0.158. The zero-order valence-corrected chi connectivity index (χ0v) is 83.1. The van der Waals surface area contributed by atoms with E-state index in [0.717, 1.165) is 167 Å². The zero-order valence-electron chi connectivity index (χ0n) is 78.3. The standard InChI is InChI=1S/C21H46NO4.C21H42.C19H38.C14H29BrO4.C7H17N.C5H12O2.C4H9BrO.C4H7BrO.CH4/c1-7-13-23-15-17-25-21(26-18-16-24-14-8-2)11-10-12-22(5,6)19-20(4)9-3;1-4-5-6-7-8-9-10-11-12-13-14-15-16-17-18-19-20-21(2)3;1-4-5-6-7-8-9-10-11-12-13-14-15-16-17-18-19(2)3;1-3-8-16-10-12-18-14(6-5-7-15)19-13-11-17-9-4-2;1-5-7(2)6-8(3)4;1-2-4-7-5-3-6;2*5-3-1-2-4-6;/h20-21H,7-19H2,1-6H3;11-12,21H,4-10,13-20H2,1-3H3;7-8,19H,4-6,9-18H2,1-3H3;14H,3-13H2,1-2H3;7H,5-6H2,1-4H3;6H,2-5H2,1H3;6H,1-4H2;4H,1-3H2;1H4/q+1;;;;;;;;/b;12-11-;8-7-;;;;;;. The number of ether oxygens (including phenoxy) is 9. The number of aliphatic hydroxyl groups excluding tert-OH is 2. The third-order valence-electron chi connectivity index (χ3n) is 17.8. The largest absolute Gasteiger partial charge is 0.396 e. The summed E-state index contributed by atoms with van der Waals surface area (Å²) in [6, 6.07) is 0. The van der Waals surface area contributed by atoms with Crippen molar-refractivity contribution in [2.45, 2.75) is 400 Å². The van der Waals surface area contributed by atoms with Crippen LogP contribution in [0, 0.1) is 23.7 Å². The lowest BCUT2D eigenvalue weighted by atomic mass is 10.0. The number of aldehydes is 1. The molecule has 0 spiro atoms. The van der Waals surface area contributed by atoms with Crippen LogP contribution in [-0.2, 0) is 47.4 Å². The van der Waals surface area contributed by atoms with Crippen LogP contribution in [0.5, 0.6) is 0 Å². The molecule has 2 unspecified atom stereocenters. The van der Waals surface area contributed by atoms with Gasteiger partial charge in [0, 0.05) is 87.4 Å². The fourth-order valence-electron chi connectivity index (χ4n) is 11.0. The Morgan fingerprint density at radius 3 is 0.938 bits per heavy atom. The van der Waals surface area contributed by atoms with Crippen LogP contribution in [0.25, 0.3) is 0 Å². The number of allylic oxidation sites excluding steroid dienone is 4. The van der Waals surface area contributed by atoms with E-state index in [2.05, 4.69) is 202 Å². The van der Waals surface area contributed by atoms with Gasteiger partial charge in [-0.1, -0.05) is 325 Å². The summed E-state index contributed by atoms with van der Waals surface area (Å²) in [5.41, 5.74) is 0. The van der Waals surface area contributed by atoms with Crippen LogP contribution in [0.2, 0.25) is 0 Å². The van der Waals surface area contributed by atoms with E-state index < -0.39 is 0 Å². The molecule has 0 saturated heterocycles.